The first-order valence-electron chi connectivity index (χ1n) is 7.98. The second-order valence-corrected chi connectivity index (χ2v) is 5.97. The maximum Gasteiger partial charge on any atom is 0.253 e. The Morgan fingerprint density at radius 2 is 1.92 bits per heavy atom. The van der Waals surface area contributed by atoms with Gasteiger partial charge in [-0.3, -0.25) is 9.59 Å². The maximum atomic E-state index is 12.3. The lowest BCUT2D eigenvalue weighted by molar-refractivity contribution is -0.119. The van der Waals surface area contributed by atoms with E-state index >= 15 is 0 Å². The van der Waals surface area contributed by atoms with Crippen molar-refractivity contribution in [2.45, 2.75) is 31.3 Å². The van der Waals surface area contributed by atoms with Gasteiger partial charge in [-0.25, -0.2) is 4.98 Å². The Labute approximate surface area is 140 Å². The van der Waals surface area contributed by atoms with Gasteiger partial charge in [0.25, 0.3) is 5.91 Å². The molecular weight excluding hydrogens is 304 g/mol. The first-order valence-corrected chi connectivity index (χ1v) is 7.98. The lowest BCUT2D eigenvalue weighted by Gasteiger charge is -2.15. The van der Waals surface area contributed by atoms with Crippen molar-refractivity contribution in [3.8, 4) is 0 Å². The molecule has 1 aromatic carbocycles. The van der Waals surface area contributed by atoms with Crippen LogP contribution in [0.15, 0.2) is 48.7 Å². The van der Waals surface area contributed by atoms with Crippen LogP contribution >= 0.6 is 0 Å². The number of carbonyl (C=O) groups excluding carboxylic acids is 2. The zero-order valence-corrected chi connectivity index (χ0v) is 13.2. The van der Waals surface area contributed by atoms with E-state index in [-0.39, 0.29) is 5.91 Å². The zero-order valence-electron chi connectivity index (χ0n) is 13.2. The number of benzene rings is 1. The highest BCUT2D eigenvalue weighted by Crippen LogP contribution is 2.23. The molecule has 1 heterocycles. The third kappa shape index (κ3) is 4.32. The fraction of sp³-hybridized carbons (Fsp3) is 0.278. The van der Waals surface area contributed by atoms with Gasteiger partial charge >= 0.3 is 0 Å². The van der Waals surface area contributed by atoms with Gasteiger partial charge < -0.3 is 16.4 Å². The number of carbonyl (C=O) groups is 2. The molecule has 24 heavy (non-hydrogen) atoms. The van der Waals surface area contributed by atoms with Crippen molar-refractivity contribution < 1.29 is 9.59 Å². The Hall–Kier alpha value is -2.89. The van der Waals surface area contributed by atoms with Gasteiger partial charge in [-0.1, -0.05) is 30.3 Å². The molecule has 6 heteroatoms. The second kappa shape index (κ2) is 7.12. The Morgan fingerprint density at radius 1 is 1.17 bits per heavy atom. The fourth-order valence-corrected chi connectivity index (χ4v) is 2.36. The van der Waals surface area contributed by atoms with E-state index in [2.05, 4.69) is 15.6 Å². The maximum absolute atomic E-state index is 12.3. The quantitative estimate of drug-likeness (QED) is 0.718. The van der Waals surface area contributed by atoms with E-state index in [4.69, 9.17) is 5.73 Å². The highest BCUT2D eigenvalue weighted by Gasteiger charge is 2.22. The van der Waals surface area contributed by atoms with Gasteiger partial charge in [0.15, 0.2) is 0 Å². The summed E-state index contributed by atoms with van der Waals surface area (Å²) in [7, 11) is 0. The number of anilines is 1. The molecule has 2 amide bonds. The van der Waals surface area contributed by atoms with Crippen molar-refractivity contribution in [1.82, 2.24) is 10.3 Å². The van der Waals surface area contributed by atoms with Gasteiger partial charge in [0, 0.05) is 18.7 Å². The number of pyridine rings is 1. The molecule has 1 fully saturated rings. The number of nitrogens with zero attached hydrogens (tertiary/aromatic N) is 1. The van der Waals surface area contributed by atoms with Gasteiger partial charge in [0.2, 0.25) is 5.91 Å². The number of hydrogen-bond donors (Lipinski definition) is 3. The molecule has 1 unspecified atom stereocenters. The minimum Gasteiger partial charge on any atom is -0.368 e. The van der Waals surface area contributed by atoms with E-state index in [1.807, 2.05) is 30.3 Å². The van der Waals surface area contributed by atoms with E-state index in [9.17, 15) is 9.59 Å². The predicted molar refractivity (Wildman–Crippen MR) is 91.5 cm³/mol. The number of aromatic nitrogens is 1. The molecule has 0 aliphatic heterocycles. The summed E-state index contributed by atoms with van der Waals surface area (Å²) in [5.41, 5.74) is 6.75. The van der Waals surface area contributed by atoms with Crippen LogP contribution in [0.4, 0.5) is 5.82 Å². The summed E-state index contributed by atoms with van der Waals surface area (Å²) < 4.78 is 0. The summed E-state index contributed by atoms with van der Waals surface area (Å²) >= 11 is 0. The minimum absolute atomic E-state index is 0.358. The highest BCUT2D eigenvalue weighted by atomic mass is 16.2. The molecule has 0 radical (unpaired) electrons. The molecule has 6 nitrogen and oxygen atoms in total. The van der Waals surface area contributed by atoms with Crippen LogP contribution in [0.5, 0.6) is 0 Å². The van der Waals surface area contributed by atoms with Crippen molar-refractivity contribution in [2.24, 2.45) is 5.73 Å². The third-order valence-electron chi connectivity index (χ3n) is 3.89. The molecule has 4 N–H and O–H groups in total. The second-order valence-electron chi connectivity index (χ2n) is 5.97. The largest absolute Gasteiger partial charge is 0.368 e. The van der Waals surface area contributed by atoms with Crippen LogP contribution in [0.25, 0.3) is 0 Å². The van der Waals surface area contributed by atoms with E-state index < -0.39 is 11.9 Å². The van der Waals surface area contributed by atoms with E-state index in [0.29, 0.717) is 18.0 Å². The molecule has 0 spiro atoms. The minimum atomic E-state index is -0.760. The Balaban J connectivity index is 1.63. The average Bonchev–Trinajstić information content (AvgIpc) is 3.39. The predicted octanol–water partition coefficient (Wildman–Crippen LogP) is 1.48. The van der Waals surface area contributed by atoms with Crippen LogP contribution in [-0.2, 0) is 11.2 Å². The molecule has 1 atom stereocenters. The molecule has 2 aromatic rings. The standard InChI is InChI=1S/C18H20N4O2/c19-17(23)15(10-12-4-2-1-3-5-12)22-18(24)13-6-9-16(20-11-13)21-14-7-8-14/h1-6,9,11,14-15H,7-8,10H2,(H2,19,23)(H,20,21)(H,22,24). The monoisotopic (exact) mass is 324 g/mol. The summed E-state index contributed by atoms with van der Waals surface area (Å²) in [6.07, 6.45) is 4.17. The Morgan fingerprint density at radius 3 is 2.50 bits per heavy atom. The summed E-state index contributed by atoms with van der Waals surface area (Å²) in [6, 6.07) is 12.6. The van der Waals surface area contributed by atoms with Crippen LogP contribution in [0.2, 0.25) is 0 Å². The van der Waals surface area contributed by atoms with Crippen molar-refractivity contribution in [1.29, 1.82) is 0 Å². The molecule has 0 saturated heterocycles. The number of hydrogen-bond acceptors (Lipinski definition) is 4. The molecule has 1 aliphatic carbocycles. The lowest BCUT2D eigenvalue weighted by atomic mass is 10.1. The van der Waals surface area contributed by atoms with Gasteiger partial charge in [0.05, 0.1) is 5.56 Å². The Kier molecular flexibility index (Phi) is 4.74. The molecule has 1 aliphatic rings. The number of nitrogens with two attached hydrogens (primary N) is 1. The van der Waals surface area contributed by atoms with Crippen molar-refractivity contribution in [3.05, 3.63) is 59.8 Å². The summed E-state index contributed by atoms with van der Waals surface area (Å²) in [4.78, 5) is 28.2. The van der Waals surface area contributed by atoms with E-state index in [1.165, 1.54) is 6.20 Å². The topological polar surface area (TPSA) is 97.1 Å². The molecule has 3 rings (SSSR count). The smallest absolute Gasteiger partial charge is 0.253 e. The van der Waals surface area contributed by atoms with Crippen LogP contribution in [0.3, 0.4) is 0 Å². The first kappa shape index (κ1) is 16.0. The van der Waals surface area contributed by atoms with E-state index in [1.54, 1.807) is 12.1 Å². The first-order chi connectivity index (χ1) is 11.6. The van der Waals surface area contributed by atoms with Gasteiger partial charge in [-0.2, -0.15) is 0 Å². The lowest BCUT2D eigenvalue weighted by Crippen LogP contribution is -2.45. The molecule has 124 valence electrons. The number of rotatable bonds is 7. The molecule has 1 saturated carbocycles. The molecular formula is C18H20N4O2. The highest BCUT2D eigenvalue weighted by molar-refractivity contribution is 5.97. The third-order valence-corrected chi connectivity index (χ3v) is 3.89. The number of primary amides is 1. The van der Waals surface area contributed by atoms with Crippen molar-refractivity contribution in [3.63, 3.8) is 0 Å². The summed E-state index contributed by atoms with van der Waals surface area (Å²) in [5.74, 6) is -0.169. The van der Waals surface area contributed by atoms with Crippen LogP contribution < -0.4 is 16.4 Å². The van der Waals surface area contributed by atoms with Gasteiger partial charge in [0.1, 0.15) is 11.9 Å². The molecule has 0 bridgehead atoms. The van der Waals surface area contributed by atoms with Crippen molar-refractivity contribution >= 4 is 17.6 Å². The number of amides is 2. The number of nitrogens with one attached hydrogen (secondary N) is 2. The van der Waals surface area contributed by atoms with Crippen molar-refractivity contribution in [2.75, 3.05) is 5.32 Å². The Bertz CT molecular complexity index is 712. The van der Waals surface area contributed by atoms with Gasteiger partial charge in [-0.05, 0) is 30.5 Å². The van der Waals surface area contributed by atoms with E-state index in [0.717, 1.165) is 24.2 Å². The summed E-state index contributed by atoms with van der Waals surface area (Å²) in [6.45, 7) is 0. The average molecular weight is 324 g/mol. The normalized spacial score (nSPS) is 14.7. The van der Waals surface area contributed by atoms with Crippen LogP contribution in [0, 0.1) is 0 Å². The summed E-state index contributed by atoms with van der Waals surface area (Å²) in [5, 5.41) is 5.94. The fourth-order valence-electron chi connectivity index (χ4n) is 2.36. The van der Waals surface area contributed by atoms with Gasteiger partial charge in [-0.15, -0.1) is 0 Å². The molecule has 1 aromatic heterocycles. The zero-order chi connectivity index (χ0) is 16.9. The van der Waals surface area contributed by atoms with Crippen LogP contribution in [-0.4, -0.2) is 28.9 Å². The SMILES string of the molecule is NC(=O)C(Cc1ccccc1)NC(=O)c1ccc(NC2CC2)nc1. The van der Waals surface area contributed by atoms with Crippen LogP contribution in [0.1, 0.15) is 28.8 Å².